The highest BCUT2D eigenvalue weighted by molar-refractivity contribution is 7.09. The second kappa shape index (κ2) is 6.42. The van der Waals surface area contributed by atoms with E-state index in [0.29, 0.717) is 11.3 Å². The van der Waals surface area contributed by atoms with E-state index >= 15 is 0 Å². The van der Waals surface area contributed by atoms with Gasteiger partial charge in [-0.25, -0.2) is 9.67 Å². The molecule has 0 bridgehead atoms. The molecule has 0 aliphatic heterocycles. The number of nitrogens with zero attached hydrogens (tertiary/aromatic N) is 4. The molecule has 0 aliphatic rings. The highest BCUT2D eigenvalue weighted by atomic mass is 32.1. The van der Waals surface area contributed by atoms with Crippen LogP contribution in [0.2, 0.25) is 0 Å². The van der Waals surface area contributed by atoms with Crippen molar-refractivity contribution in [2.24, 2.45) is 0 Å². The summed E-state index contributed by atoms with van der Waals surface area (Å²) >= 11 is 1.39. The van der Waals surface area contributed by atoms with Gasteiger partial charge < -0.3 is 5.32 Å². The number of nitriles is 1. The van der Waals surface area contributed by atoms with Crippen molar-refractivity contribution in [1.29, 1.82) is 5.26 Å². The first kappa shape index (κ1) is 14.9. The molecule has 23 heavy (non-hydrogen) atoms. The van der Waals surface area contributed by atoms with Gasteiger partial charge in [0.2, 0.25) is 0 Å². The molecule has 1 atom stereocenters. The Labute approximate surface area is 137 Å². The molecule has 1 amide bonds. The number of benzene rings is 1. The lowest BCUT2D eigenvalue weighted by Gasteiger charge is -2.08. The summed E-state index contributed by atoms with van der Waals surface area (Å²) in [6.45, 7) is 1.83. The third kappa shape index (κ3) is 3.27. The maximum absolute atomic E-state index is 12.1. The van der Waals surface area contributed by atoms with Gasteiger partial charge in [0, 0.05) is 17.1 Å². The highest BCUT2D eigenvalue weighted by Gasteiger charge is 2.18. The van der Waals surface area contributed by atoms with Crippen molar-refractivity contribution in [1.82, 2.24) is 20.1 Å². The zero-order chi connectivity index (χ0) is 16.2. The third-order valence-corrected chi connectivity index (χ3v) is 3.99. The number of para-hydroxylation sites is 1. The molecule has 0 aliphatic carbocycles. The summed E-state index contributed by atoms with van der Waals surface area (Å²) in [7, 11) is 0. The standard InChI is InChI=1S/C16H13N5OS/c1-11-19-15(10-23-11)16(22)20-14(7-17)12-8-18-21(9-12)13-5-3-2-4-6-13/h2-6,8-10,14H,1H3,(H,20,22)/t14-/m1/s1. The third-order valence-electron chi connectivity index (χ3n) is 3.21. The van der Waals surface area contributed by atoms with Crippen molar-refractivity contribution < 1.29 is 4.79 Å². The summed E-state index contributed by atoms with van der Waals surface area (Å²) in [4.78, 5) is 16.3. The maximum atomic E-state index is 12.1. The second-order valence-electron chi connectivity index (χ2n) is 4.84. The molecule has 1 N–H and O–H groups in total. The SMILES string of the molecule is Cc1nc(C(=O)N[C@H](C#N)c2cnn(-c3ccccc3)c2)cs1. The predicted molar refractivity (Wildman–Crippen MR) is 86.2 cm³/mol. The minimum atomic E-state index is -0.776. The fraction of sp³-hybridized carbons (Fsp3) is 0.125. The minimum absolute atomic E-state index is 0.322. The first-order valence-corrected chi connectivity index (χ1v) is 7.78. The number of aromatic nitrogens is 3. The quantitative estimate of drug-likeness (QED) is 0.800. The largest absolute Gasteiger partial charge is 0.331 e. The Bertz CT molecular complexity index is 862. The van der Waals surface area contributed by atoms with Gasteiger partial charge in [-0.15, -0.1) is 11.3 Å². The highest BCUT2D eigenvalue weighted by Crippen LogP contribution is 2.16. The van der Waals surface area contributed by atoms with Gasteiger partial charge >= 0.3 is 0 Å². The molecule has 114 valence electrons. The Kier molecular flexibility index (Phi) is 4.17. The van der Waals surface area contributed by atoms with Gasteiger partial charge in [0.05, 0.1) is 23.0 Å². The minimum Gasteiger partial charge on any atom is -0.331 e. The molecular weight excluding hydrogens is 310 g/mol. The molecule has 7 heteroatoms. The van der Waals surface area contributed by atoms with Crippen molar-refractivity contribution in [2.45, 2.75) is 13.0 Å². The summed E-state index contributed by atoms with van der Waals surface area (Å²) in [6.07, 6.45) is 3.31. The number of hydrogen-bond acceptors (Lipinski definition) is 5. The molecule has 0 radical (unpaired) electrons. The van der Waals surface area contributed by atoms with E-state index in [1.807, 2.05) is 37.3 Å². The average molecular weight is 323 g/mol. The zero-order valence-corrected chi connectivity index (χ0v) is 13.1. The average Bonchev–Trinajstić information content (AvgIpc) is 3.22. The summed E-state index contributed by atoms with van der Waals surface area (Å²) < 4.78 is 1.67. The predicted octanol–water partition coefficient (Wildman–Crippen LogP) is 2.63. The molecule has 0 saturated carbocycles. The molecule has 3 rings (SSSR count). The van der Waals surface area contributed by atoms with Crippen LogP contribution >= 0.6 is 11.3 Å². The Hall–Kier alpha value is -2.98. The van der Waals surface area contributed by atoms with Crippen LogP contribution in [0.3, 0.4) is 0 Å². The number of aryl methyl sites for hydroxylation is 1. The lowest BCUT2D eigenvalue weighted by molar-refractivity contribution is 0.0940. The van der Waals surface area contributed by atoms with Crippen molar-refractivity contribution in [2.75, 3.05) is 0 Å². The lowest BCUT2D eigenvalue weighted by Crippen LogP contribution is -2.27. The van der Waals surface area contributed by atoms with Gasteiger partial charge in [0.1, 0.15) is 11.7 Å². The van der Waals surface area contributed by atoms with Crippen molar-refractivity contribution in [3.8, 4) is 11.8 Å². The summed E-state index contributed by atoms with van der Waals surface area (Å²) in [5.41, 5.74) is 1.83. The molecule has 3 aromatic rings. The fourth-order valence-electron chi connectivity index (χ4n) is 2.07. The smallest absolute Gasteiger partial charge is 0.272 e. The number of nitrogens with one attached hydrogen (secondary N) is 1. The molecule has 0 spiro atoms. The van der Waals surface area contributed by atoms with Crippen molar-refractivity contribution in [3.05, 3.63) is 64.4 Å². The summed E-state index contributed by atoms with van der Waals surface area (Å²) in [6, 6.07) is 10.9. The Balaban J connectivity index is 1.78. The van der Waals surface area contributed by atoms with E-state index in [4.69, 9.17) is 0 Å². The molecule has 0 fully saturated rings. The van der Waals surface area contributed by atoms with E-state index in [1.165, 1.54) is 11.3 Å². The number of amides is 1. The number of carbonyl (C=O) groups excluding carboxylic acids is 1. The van der Waals surface area contributed by atoms with E-state index < -0.39 is 6.04 Å². The van der Waals surface area contributed by atoms with E-state index in [9.17, 15) is 10.1 Å². The molecule has 2 heterocycles. The molecule has 0 saturated heterocycles. The number of hydrogen-bond donors (Lipinski definition) is 1. The first-order chi connectivity index (χ1) is 11.2. The van der Waals surface area contributed by atoms with E-state index in [-0.39, 0.29) is 5.91 Å². The normalized spacial score (nSPS) is 11.7. The lowest BCUT2D eigenvalue weighted by atomic mass is 10.2. The molecule has 0 unspecified atom stereocenters. The van der Waals surface area contributed by atoms with Crippen LogP contribution in [0.5, 0.6) is 0 Å². The van der Waals surface area contributed by atoms with E-state index in [0.717, 1.165) is 10.7 Å². The van der Waals surface area contributed by atoms with E-state index in [1.54, 1.807) is 22.5 Å². The summed E-state index contributed by atoms with van der Waals surface area (Å²) in [5.74, 6) is -0.367. The monoisotopic (exact) mass is 323 g/mol. The van der Waals surface area contributed by atoms with Crippen molar-refractivity contribution >= 4 is 17.2 Å². The van der Waals surface area contributed by atoms with Gasteiger partial charge in [0.25, 0.3) is 5.91 Å². The fourth-order valence-corrected chi connectivity index (χ4v) is 2.66. The zero-order valence-electron chi connectivity index (χ0n) is 12.3. The van der Waals surface area contributed by atoms with Crippen LogP contribution < -0.4 is 5.32 Å². The topological polar surface area (TPSA) is 83.6 Å². The molecule has 2 aromatic heterocycles. The Morgan fingerprint density at radius 3 is 2.83 bits per heavy atom. The van der Waals surface area contributed by atoms with Crippen LogP contribution in [-0.4, -0.2) is 20.7 Å². The number of thiazole rings is 1. The molecular formula is C16H13N5OS. The van der Waals surface area contributed by atoms with Crippen LogP contribution in [0.1, 0.15) is 27.1 Å². The van der Waals surface area contributed by atoms with Crippen LogP contribution in [0.25, 0.3) is 5.69 Å². The number of rotatable bonds is 4. The van der Waals surface area contributed by atoms with Gasteiger partial charge in [-0.2, -0.15) is 10.4 Å². The van der Waals surface area contributed by atoms with Gasteiger partial charge in [-0.1, -0.05) is 18.2 Å². The summed E-state index contributed by atoms with van der Waals surface area (Å²) in [5, 5.41) is 18.7. The van der Waals surface area contributed by atoms with Gasteiger partial charge in [-0.3, -0.25) is 4.79 Å². The van der Waals surface area contributed by atoms with Gasteiger partial charge in [0.15, 0.2) is 0 Å². The van der Waals surface area contributed by atoms with Crippen LogP contribution in [0.15, 0.2) is 48.1 Å². The van der Waals surface area contributed by atoms with E-state index in [2.05, 4.69) is 21.5 Å². The Morgan fingerprint density at radius 1 is 1.39 bits per heavy atom. The van der Waals surface area contributed by atoms with Crippen LogP contribution in [-0.2, 0) is 0 Å². The second-order valence-corrected chi connectivity index (χ2v) is 5.90. The van der Waals surface area contributed by atoms with Crippen LogP contribution in [0.4, 0.5) is 0 Å². The van der Waals surface area contributed by atoms with Crippen LogP contribution in [0, 0.1) is 18.3 Å². The Morgan fingerprint density at radius 2 is 2.17 bits per heavy atom. The number of carbonyl (C=O) groups is 1. The van der Waals surface area contributed by atoms with Crippen molar-refractivity contribution in [3.63, 3.8) is 0 Å². The molecule has 1 aromatic carbocycles. The van der Waals surface area contributed by atoms with Gasteiger partial charge in [-0.05, 0) is 19.1 Å². The first-order valence-electron chi connectivity index (χ1n) is 6.90. The maximum Gasteiger partial charge on any atom is 0.272 e. The molecule has 6 nitrogen and oxygen atoms in total.